The van der Waals surface area contributed by atoms with Crippen molar-refractivity contribution in [3.63, 3.8) is 0 Å². The molecule has 174 valence electrons. The van der Waals surface area contributed by atoms with Crippen LogP contribution in [-0.4, -0.2) is 61.6 Å². The second kappa shape index (κ2) is 8.78. The normalized spacial score (nSPS) is 25.9. The van der Waals surface area contributed by atoms with E-state index in [9.17, 15) is 14.0 Å². The number of fused-ring (bicyclic) bond motifs is 4. The monoisotopic (exact) mass is 451 g/mol. The number of ether oxygens (including phenoxy) is 1. The Morgan fingerprint density at radius 2 is 1.76 bits per heavy atom. The standard InChI is InChI=1S/C26H30FN3O3/c1-28-24(31)20-3-2-18-8-12-30(23(22(18)16-20)19-4-6-21(27)7-5-19)25(32)33-17-26-9-13-29(14-10-26)15-11-26/h2-7,16,23H,8-15,17H2,1H3,(H,28,31)/t23-/m0/s1. The highest BCUT2D eigenvalue weighted by molar-refractivity contribution is 5.94. The van der Waals surface area contributed by atoms with Gasteiger partial charge >= 0.3 is 6.09 Å². The van der Waals surface area contributed by atoms with Gasteiger partial charge in [-0.1, -0.05) is 18.2 Å². The molecule has 33 heavy (non-hydrogen) atoms. The van der Waals surface area contributed by atoms with Crippen molar-refractivity contribution in [2.75, 3.05) is 39.8 Å². The summed E-state index contributed by atoms with van der Waals surface area (Å²) in [4.78, 5) is 29.9. The first-order chi connectivity index (χ1) is 16.0. The van der Waals surface area contributed by atoms with Crippen molar-refractivity contribution in [1.29, 1.82) is 0 Å². The Morgan fingerprint density at radius 1 is 1.06 bits per heavy atom. The second-order valence-electron chi connectivity index (χ2n) is 9.54. The number of amides is 2. The van der Waals surface area contributed by atoms with Gasteiger partial charge < -0.3 is 15.0 Å². The number of nitrogens with zero attached hydrogens (tertiary/aromatic N) is 2. The van der Waals surface area contributed by atoms with Gasteiger partial charge in [-0.2, -0.15) is 0 Å². The highest BCUT2D eigenvalue weighted by Crippen LogP contribution is 2.41. The molecule has 1 atom stereocenters. The van der Waals surface area contributed by atoms with E-state index in [0.717, 1.165) is 55.6 Å². The van der Waals surface area contributed by atoms with Crippen LogP contribution in [-0.2, 0) is 11.2 Å². The summed E-state index contributed by atoms with van der Waals surface area (Å²) in [6, 6.07) is 11.4. The topological polar surface area (TPSA) is 61.9 Å². The molecule has 0 radical (unpaired) electrons. The number of rotatable bonds is 4. The molecular formula is C26H30FN3O3. The molecule has 4 heterocycles. The smallest absolute Gasteiger partial charge is 0.410 e. The molecule has 7 heteroatoms. The van der Waals surface area contributed by atoms with Crippen molar-refractivity contribution >= 4 is 12.0 Å². The van der Waals surface area contributed by atoms with Gasteiger partial charge in [-0.3, -0.25) is 9.69 Å². The molecule has 2 amide bonds. The second-order valence-corrected chi connectivity index (χ2v) is 9.54. The van der Waals surface area contributed by atoms with Crippen LogP contribution in [0.5, 0.6) is 0 Å². The van der Waals surface area contributed by atoms with Crippen LogP contribution in [0.1, 0.15) is 52.4 Å². The lowest BCUT2D eigenvalue weighted by molar-refractivity contribution is -0.0300. The third kappa shape index (κ3) is 4.22. The average molecular weight is 452 g/mol. The Kier molecular flexibility index (Phi) is 5.83. The number of nitrogens with one attached hydrogen (secondary N) is 1. The van der Waals surface area contributed by atoms with Gasteiger partial charge in [-0.05, 0) is 86.3 Å². The number of benzene rings is 2. The number of carbonyl (C=O) groups excluding carboxylic acids is 2. The lowest BCUT2D eigenvalue weighted by Gasteiger charge is -2.48. The van der Waals surface area contributed by atoms with Crippen molar-refractivity contribution < 1.29 is 18.7 Å². The minimum Gasteiger partial charge on any atom is -0.449 e. The van der Waals surface area contributed by atoms with Crippen LogP contribution >= 0.6 is 0 Å². The molecule has 3 saturated heterocycles. The zero-order valence-electron chi connectivity index (χ0n) is 19.0. The zero-order chi connectivity index (χ0) is 23.0. The van der Waals surface area contributed by atoms with E-state index in [4.69, 9.17) is 4.74 Å². The Hall–Kier alpha value is -2.93. The van der Waals surface area contributed by atoms with Crippen molar-refractivity contribution in [1.82, 2.24) is 15.1 Å². The molecule has 0 aliphatic carbocycles. The Balaban J connectivity index is 1.44. The molecule has 2 bridgehead atoms. The van der Waals surface area contributed by atoms with Crippen LogP contribution in [0, 0.1) is 11.2 Å². The van der Waals surface area contributed by atoms with Crippen LogP contribution in [0.4, 0.5) is 9.18 Å². The summed E-state index contributed by atoms with van der Waals surface area (Å²) in [7, 11) is 1.60. The molecule has 0 spiro atoms. The van der Waals surface area contributed by atoms with Gasteiger partial charge in [0.2, 0.25) is 0 Å². The molecule has 2 aromatic rings. The van der Waals surface area contributed by atoms with E-state index >= 15 is 0 Å². The largest absolute Gasteiger partial charge is 0.449 e. The lowest BCUT2D eigenvalue weighted by atomic mass is 9.73. The number of halogens is 1. The fourth-order valence-corrected chi connectivity index (χ4v) is 5.51. The van der Waals surface area contributed by atoms with Crippen molar-refractivity contribution in [2.24, 2.45) is 5.41 Å². The molecule has 3 fully saturated rings. The molecule has 0 aromatic heterocycles. The molecule has 6 nitrogen and oxygen atoms in total. The highest BCUT2D eigenvalue weighted by atomic mass is 19.1. The fourth-order valence-electron chi connectivity index (χ4n) is 5.51. The van der Waals surface area contributed by atoms with Gasteiger partial charge in [-0.15, -0.1) is 0 Å². The maximum atomic E-state index is 13.7. The zero-order valence-corrected chi connectivity index (χ0v) is 19.0. The number of piperidine rings is 3. The van der Waals surface area contributed by atoms with Crippen LogP contribution in [0.15, 0.2) is 42.5 Å². The lowest BCUT2D eigenvalue weighted by Crippen LogP contribution is -2.51. The van der Waals surface area contributed by atoms with E-state index in [1.165, 1.54) is 12.1 Å². The summed E-state index contributed by atoms with van der Waals surface area (Å²) in [6.07, 6.45) is 3.54. The van der Waals surface area contributed by atoms with E-state index in [1.54, 1.807) is 24.1 Å². The highest BCUT2D eigenvalue weighted by Gasteiger charge is 2.41. The Bertz CT molecular complexity index is 1030. The van der Waals surface area contributed by atoms with Gasteiger partial charge in [0.05, 0.1) is 12.6 Å². The third-order valence-corrected chi connectivity index (χ3v) is 7.66. The Labute approximate surface area is 193 Å². The van der Waals surface area contributed by atoms with E-state index < -0.39 is 6.04 Å². The summed E-state index contributed by atoms with van der Waals surface area (Å²) in [6.45, 7) is 4.19. The van der Waals surface area contributed by atoms with Gasteiger partial charge in [0, 0.05) is 24.6 Å². The molecule has 0 saturated carbocycles. The Morgan fingerprint density at radius 3 is 2.42 bits per heavy atom. The molecule has 6 rings (SSSR count). The van der Waals surface area contributed by atoms with Crippen molar-refractivity contribution in [3.8, 4) is 0 Å². The maximum absolute atomic E-state index is 13.7. The van der Waals surface area contributed by atoms with Crippen molar-refractivity contribution in [3.05, 3.63) is 70.5 Å². The molecule has 1 N–H and O–H groups in total. The first-order valence-electron chi connectivity index (χ1n) is 11.7. The van der Waals surface area contributed by atoms with Crippen LogP contribution in [0.3, 0.4) is 0 Å². The first kappa shape index (κ1) is 21.9. The van der Waals surface area contributed by atoms with E-state index in [-0.39, 0.29) is 23.2 Å². The quantitative estimate of drug-likeness (QED) is 0.769. The summed E-state index contributed by atoms with van der Waals surface area (Å²) in [5.74, 6) is -0.510. The minimum atomic E-state index is -0.433. The minimum absolute atomic E-state index is 0.0931. The van der Waals surface area contributed by atoms with Crippen LogP contribution in [0.25, 0.3) is 0 Å². The SMILES string of the molecule is CNC(=O)c1ccc2c(c1)[C@H](c1ccc(F)cc1)N(C(=O)OCC13CCN(CC1)CC3)CC2. The summed E-state index contributed by atoms with van der Waals surface area (Å²) >= 11 is 0. The number of hydrogen-bond acceptors (Lipinski definition) is 4. The van der Waals surface area contributed by atoms with E-state index in [0.29, 0.717) is 25.1 Å². The molecule has 2 aromatic carbocycles. The van der Waals surface area contributed by atoms with Gasteiger partial charge in [0.1, 0.15) is 5.82 Å². The molecular weight excluding hydrogens is 421 g/mol. The molecule has 0 unspecified atom stereocenters. The average Bonchev–Trinajstić information content (AvgIpc) is 2.87. The molecule has 4 aliphatic rings. The first-order valence-corrected chi connectivity index (χ1v) is 11.7. The van der Waals surface area contributed by atoms with Gasteiger partial charge in [0.15, 0.2) is 0 Å². The fraction of sp³-hybridized carbons (Fsp3) is 0.462. The number of hydrogen-bond donors (Lipinski definition) is 1. The van der Waals surface area contributed by atoms with Crippen LogP contribution < -0.4 is 5.32 Å². The van der Waals surface area contributed by atoms with E-state index in [1.807, 2.05) is 18.2 Å². The predicted octanol–water partition coefficient (Wildman–Crippen LogP) is 3.76. The predicted molar refractivity (Wildman–Crippen MR) is 123 cm³/mol. The number of carbonyl (C=O) groups is 2. The maximum Gasteiger partial charge on any atom is 0.410 e. The summed E-state index contributed by atoms with van der Waals surface area (Å²) in [5.41, 5.74) is 3.39. The van der Waals surface area contributed by atoms with Gasteiger partial charge in [-0.25, -0.2) is 9.18 Å². The van der Waals surface area contributed by atoms with E-state index in [2.05, 4.69) is 10.2 Å². The summed E-state index contributed by atoms with van der Waals surface area (Å²) in [5, 5.41) is 2.66. The van der Waals surface area contributed by atoms with Crippen LogP contribution in [0.2, 0.25) is 0 Å². The third-order valence-electron chi connectivity index (χ3n) is 7.66. The van der Waals surface area contributed by atoms with Crippen molar-refractivity contribution in [2.45, 2.75) is 31.7 Å². The molecule has 4 aliphatic heterocycles. The van der Waals surface area contributed by atoms with Gasteiger partial charge in [0.25, 0.3) is 5.91 Å². The summed E-state index contributed by atoms with van der Waals surface area (Å²) < 4.78 is 19.6.